The molecule has 0 saturated carbocycles. The van der Waals surface area contributed by atoms with Gasteiger partial charge in [-0.05, 0) is 25.4 Å². The van der Waals surface area contributed by atoms with Gasteiger partial charge in [-0.1, -0.05) is 13.8 Å². The second-order valence-corrected chi connectivity index (χ2v) is 4.47. The van der Waals surface area contributed by atoms with Gasteiger partial charge in [-0.25, -0.2) is 4.79 Å². The van der Waals surface area contributed by atoms with Crippen molar-refractivity contribution in [1.29, 1.82) is 0 Å². The Balaban J connectivity index is 0. The summed E-state index contributed by atoms with van der Waals surface area (Å²) in [6.07, 6.45) is 3.19. The molecule has 0 spiro atoms. The van der Waals surface area contributed by atoms with Gasteiger partial charge < -0.3 is 15.8 Å². The average Bonchev–Trinajstić information content (AvgIpc) is 2.44. The van der Waals surface area contributed by atoms with E-state index in [0.717, 1.165) is 19.0 Å². The number of nitrogens with one attached hydrogen (secondary N) is 1. The molecule has 0 radical (unpaired) electrons. The third kappa shape index (κ3) is 11.9. The first-order valence-corrected chi connectivity index (χ1v) is 7.68. The quantitative estimate of drug-likeness (QED) is 0.377. The minimum Gasteiger partial charge on any atom is -0.467 e. The zero-order valence-electron chi connectivity index (χ0n) is 12.6. The molecular formula is C13H27N2O4P. The maximum Gasteiger partial charge on any atom is 0.328 e. The molecule has 0 aliphatic heterocycles. The summed E-state index contributed by atoms with van der Waals surface area (Å²) in [5.41, 5.74) is 5.01. The van der Waals surface area contributed by atoms with Crippen LogP contribution in [0.5, 0.6) is 0 Å². The highest BCUT2D eigenvalue weighted by molar-refractivity contribution is 7.16. The van der Waals surface area contributed by atoms with Crippen molar-refractivity contribution in [3.63, 3.8) is 0 Å². The smallest absolute Gasteiger partial charge is 0.328 e. The lowest BCUT2D eigenvalue weighted by Gasteiger charge is -2.15. The van der Waals surface area contributed by atoms with Gasteiger partial charge in [-0.2, -0.15) is 0 Å². The molecule has 7 heteroatoms. The summed E-state index contributed by atoms with van der Waals surface area (Å²) in [4.78, 5) is 33.6. The average molecular weight is 306 g/mol. The highest BCUT2D eigenvalue weighted by atomic mass is 31.0. The molecule has 2 unspecified atom stereocenters. The van der Waals surface area contributed by atoms with E-state index >= 15 is 0 Å². The van der Waals surface area contributed by atoms with Crippen LogP contribution in [0.25, 0.3) is 0 Å². The van der Waals surface area contributed by atoms with E-state index in [-0.39, 0.29) is 18.7 Å². The van der Waals surface area contributed by atoms with Crippen LogP contribution in [0.1, 0.15) is 46.0 Å². The Hall–Kier alpha value is -1.16. The van der Waals surface area contributed by atoms with Crippen LogP contribution >= 0.6 is 9.24 Å². The fourth-order valence-electron chi connectivity index (χ4n) is 1.37. The van der Waals surface area contributed by atoms with E-state index in [0.29, 0.717) is 6.42 Å². The standard InChI is InChI=1S/C11H21N2O4P.C2H6/c1-17-11(16)8(5-6-9(12)14)13-10(15)4-2-3-7-18;1-2/h8H,2-7,18H2,1H3,(H2,12,14)(H,13,15);1-2H3. The third-order valence-corrected chi connectivity index (χ3v) is 2.77. The summed E-state index contributed by atoms with van der Waals surface area (Å²) in [5.74, 6) is -1.29. The van der Waals surface area contributed by atoms with Gasteiger partial charge in [0.25, 0.3) is 0 Å². The summed E-state index contributed by atoms with van der Waals surface area (Å²) >= 11 is 0. The normalized spacial score (nSPS) is 10.8. The van der Waals surface area contributed by atoms with Gasteiger partial charge in [0.2, 0.25) is 11.8 Å². The second-order valence-electron chi connectivity index (χ2n) is 3.89. The van der Waals surface area contributed by atoms with Crippen LogP contribution < -0.4 is 11.1 Å². The molecule has 0 aromatic heterocycles. The Morgan fingerprint density at radius 2 is 1.80 bits per heavy atom. The van der Waals surface area contributed by atoms with Gasteiger partial charge in [0, 0.05) is 12.8 Å². The minimum absolute atomic E-state index is 0.0334. The van der Waals surface area contributed by atoms with Crippen molar-refractivity contribution in [2.45, 2.75) is 52.0 Å². The van der Waals surface area contributed by atoms with Gasteiger partial charge in [0.1, 0.15) is 6.04 Å². The molecule has 2 amide bonds. The van der Waals surface area contributed by atoms with Gasteiger partial charge in [0.15, 0.2) is 0 Å². The zero-order valence-corrected chi connectivity index (χ0v) is 13.8. The van der Waals surface area contributed by atoms with Crippen LogP contribution in [0.4, 0.5) is 0 Å². The van der Waals surface area contributed by atoms with Gasteiger partial charge in [-0.15, -0.1) is 9.24 Å². The summed E-state index contributed by atoms with van der Waals surface area (Å²) in [7, 11) is 3.82. The molecule has 118 valence electrons. The number of primary amides is 1. The van der Waals surface area contributed by atoms with E-state index in [1.165, 1.54) is 7.11 Å². The molecule has 0 aromatic carbocycles. The topological polar surface area (TPSA) is 98.5 Å². The van der Waals surface area contributed by atoms with Gasteiger partial charge >= 0.3 is 5.97 Å². The van der Waals surface area contributed by atoms with E-state index in [1.54, 1.807) is 0 Å². The monoisotopic (exact) mass is 306 g/mol. The number of rotatable bonds is 9. The fourth-order valence-corrected chi connectivity index (χ4v) is 1.66. The Labute approximate surface area is 123 Å². The molecule has 0 rings (SSSR count). The minimum atomic E-state index is -0.800. The molecule has 0 heterocycles. The van der Waals surface area contributed by atoms with Crippen molar-refractivity contribution in [3.05, 3.63) is 0 Å². The Morgan fingerprint density at radius 1 is 1.20 bits per heavy atom. The lowest BCUT2D eigenvalue weighted by Crippen LogP contribution is -2.42. The van der Waals surface area contributed by atoms with E-state index in [4.69, 9.17) is 5.73 Å². The van der Waals surface area contributed by atoms with E-state index < -0.39 is 17.9 Å². The van der Waals surface area contributed by atoms with Crippen LogP contribution in [-0.4, -0.2) is 37.1 Å². The van der Waals surface area contributed by atoms with Crippen molar-refractivity contribution in [3.8, 4) is 0 Å². The number of carbonyl (C=O) groups is 3. The molecule has 0 saturated heterocycles. The molecule has 3 N–H and O–H groups in total. The molecule has 20 heavy (non-hydrogen) atoms. The lowest BCUT2D eigenvalue weighted by atomic mass is 10.1. The fraction of sp³-hybridized carbons (Fsp3) is 0.769. The molecule has 0 aliphatic rings. The van der Waals surface area contributed by atoms with E-state index in [1.807, 2.05) is 13.8 Å². The van der Waals surface area contributed by atoms with E-state index in [9.17, 15) is 14.4 Å². The third-order valence-electron chi connectivity index (χ3n) is 2.36. The highest BCUT2D eigenvalue weighted by Crippen LogP contribution is 2.03. The largest absolute Gasteiger partial charge is 0.467 e. The number of hydrogen-bond acceptors (Lipinski definition) is 4. The van der Waals surface area contributed by atoms with Crippen LogP contribution in [0.3, 0.4) is 0 Å². The van der Waals surface area contributed by atoms with E-state index in [2.05, 4.69) is 19.3 Å². The van der Waals surface area contributed by atoms with Crippen molar-refractivity contribution in [2.75, 3.05) is 13.3 Å². The number of ether oxygens (including phenoxy) is 1. The molecule has 0 aliphatic carbocycles. The summed E-state index contributed by atoms with van der Waals surface area (Å²) in [6.45, 7) is 4.00. The van der Waals surface area contributed by atoms with Crippen molar-refractivity contribution in [1.82, 2.24) is 5.32 Å². The Morgan fingerprint density at radius 3 is 2.25 bits per heavy atom. The van der Waals surface area contributed by atoms with Crippen LogP contribution in [0.15, 0.2) is 0 Å². The molecular weight excluding hydrogens is 279 g/mol. The van der Waals surface area contributed by atoms with Crippen LogP contribution in [0, 0.1) is 0 Å². The maximum atomic E-state index is 11.6. The first kappa shape index (κ1) is 21.1. The van der Waals surface area contributed by atoms with Crippen molar-refractivity contribution < 1.29 is 19.1 Å². The SMILES string of the molecule is CC.COC(=O)C(CCC(N)=O)NC(=O)CCCCP. The number of methoxy groups -OCH3 is 1. The Kier molecular flexibility index (Phi) is 15.1. The Bertz CT molecular complexity index is 298. The molecule has 0 aromatic rings. The first-order valence-electron chi connectivity index (χ1n) is 6.86. The lowest BCUT2D eigenvalue weighted by molar-refractivity contribution is -0.145. The molecule has 6 nitrogen and oxygen atoms in total. The number of carbonyl (C=O) groups excluding carboxylic acids is 3. The second kappa shape index (κ2) is 14.3. The van der Waals surface area contributed by atoms with Gasteiger partial charge in [0.05, 0.1) is 7.11 Å². The molecule has 2 atom stereocenters. The van der Waals surface area contributed by atoms with Crippen LogP contribution in [0.2, 0.25) is 0 Å². The zero-order chi connectivity index (χ0) is 16.0. The molecule has 0 bridgehead atoms. The maximum absolute atomic E-state index is 11.6. The number of unbranched alkanes of at least 4 members (excludes halogenated alkanes) is 1. The first-order chi connectivity index (χ1) is 9.51. The summed E-state index contributed by atoms with van der Waals surface area (Å²) in [6, 6.07) is -0.800. The van der Waals surface area contributed by atoms with Crippen LogP contribution in [-0.2, 0) is 19.1 Å². The van der Waals surface area contributed by atoms with Crippen molar-refractivity contribution >= 4 is 27.0 Å². The number of nitrogens with two attached hydrogens (primary N) is 1. The number of hydrogen-bond donors (Lipinski definition) is 2. The molecule has 0 fully saturated rings. The predicted molar refractivity (Wildman–Crippen MR) is 82.2 cm³/mol. The van der Waals surface area contributed by atoms with Gasteiger partial charge in [-0.3, -0.25) is 9.59 Å². The summed E-state index contributed by atoms with van der Waals surface area (Å²) < 4.78 is 4.56. The predicted octanol–water partition coefficient (Wildman–Crippen LogP) is 0.981. The summed E-state index contributed by atoms with van der Waals surface area (Å²) in [5, 5.41) is 2.55. The highest BCUT2D eigenvalue weighted by Gasteiger charge is 2.21. The number of amides is 2. The van der Waals surface area contributed by atoms with Crippen molar-refractivity contribution in [2.24, 2.45) is 5.73 Å². The number of esters is 1.